The van der Waals surface area contributed by atoms with E-state index >= 15 is 0 Å². The summed E-state index contributed by atoms with van der Waals surface area (Å²) in [7, 11) is 0. The molecule has 1 N–H and O–H groups in total. The molecule has 1 heterocycles. The minimum absolute atomic E-state index is 0.344. The topological polar surface area (TPSA) is 42.2 Å². The molecule has 0 aliphatic rings. The number of nitrogens with zero attached hydrogens (tertiary/aromatic N) is 1. The minimum Gasteiger partial charge on any atom is -0.477 e. The number of aromatic nitrogens is 1. The van der Waals surface area contributed by atoms with Gasteiger partial charge >= 0.3 is 5.97 Å². The molecule has 0 fully saturated rings. The second kappa shape index (κ2) is 8.22. The maximum atomic E-state index is 11.9. The molecule has 0 spiro atoms. The van der Waals surface area contributed by atoms with E-state index in [0.29, 0.717) is 30.0 Å². The van der Waals surface area contributed by atoms with E-state index < -0.39 is 5.97 Å². The Labute approximate surface area is 168 Å². The summed E-state index contributed by atoms with van der Waals surface area (Å²) in [5.74, 6) is 0.830. The highest BCUT2D eigenvalue weighted by Crippen LogP contribution is 2.26. The zero-order chi connectivity index (χ0) is 20.4. The van der Waals surface area contributed by atoms with E-state index in [9.17, 15) is 9.90 Å². The van der Waals surface area contributed by atoms with Gasteiger partial charge in [-0.15, -0.1) is 0 Å². The molecule has 0 radical (unpaired) electrons. The van der Waals surface area contributed by atoms with Crippen molar-refractivity contribution >= 4 is 16.9 Å². The molecule has 148 valence electrons. The van der Waals surface area contributed by atoms with Gasteiger partial charge in [-0.25, -0.2) is 4.79 Å². The summed E-state index contributed by atoms with van der Waals surface area (Å²) >= 11 is 0. The molecule has 3 aromatic rings. The van der Waals surface area contributed by atoms with Gasteiger partial charge in [0, 0.05) is 17.4 Å². The molecule has 0 aliphatic carbocycles. The van der Waals surface area contributed by atoms with Crippen LogP contribution in [0.15, 0.2) is 48.5 Å². The predicted molar refractivity (Wildman–Crippen MR) is 116 cm³/mol. The van der Waals surface area contributed by atoms with Crippen LogP contribution in [0.2, 0.25) is 0 Å². The molecule has 28 heavy (non-hydrogen) atoms. The number of rotatable bonds is 7. The van der Waals surface area contributed by atoms with Crippen LogP contribution in [-0.2, 0) is 13.0 Å². The van der Waals surface area contributed by atoms with E-state index in [0.717, 1.165) is 22.9 Å². The van der Waals surface area contributed by atoms with E-state index in [1.165, 1.54) is 11.1 Å². The van der Waals surface area contributed by atoms with Crippen molar-refractivity contribution in [2.45, 2.75) is 53.5 Å². The zero-order valence-electron chi connectivity index (χ0n) is 17.6. The third-order valence-corrected chi connectivity index (χ3v) is 5.87. The van der Waals surface area contributed by atoms with E-state index in [4.69, 9.17) is 0 Å². The maximum absolute atomic E-state index is 11.9. The lowest BCUT2D eigenvalue weighted by Gasteiger charge is -2.15. The van der Waals surface area contributed by atoms with Crippen LogP contribution in [0.3, 0.4) is 0 Å². The molecule has 1 aromatic heterocycles. The van der Waals surface area contributed by atoms with Crippen LogP contribution >= 0.6 is 0 Å². The van der Waals surface area contributed by atoms with Gasteiger partial charge in [-0.05, 0) is 59.1 Å². The first-order valence-corrected chi connectivity index (χ1v) is 10.2. The van der Waals surface area contributed by atoms with Gasteiger partial charge < -0.3 is 9.67 Å². The summed E-state index contributed by atoms with van der Waals surface area (Å²) in [5.41, 5.74) is 5.00. The van der Waals surface area contributed by atoms with Crippen LogP contribution in [0.25, 0.3) is 10.9 Å². The third-order valence-electron chi connectivity index (χ3n) is 5.87. The molecule has 1 atom stereocenters. The molecule has 0 bridgehead atoms. The second-order valence-corrected chi connectivity index (χ2v) is 8.64. The van der Waals surface area contributed by atoms with Crippen LogP contribution in [0.4, 0.5) is 0 Å². The Morgan fingerprint density at radius 3 is 2.14 bits per heavy atom. The molecule has 3 nitrogen and oxygen atoms in total. The number of carbonyl (C=O) groups is 1. The summed E-state index contributed by atoms with van der Waals surface area (Å²) in [6.07, 6.45) is 1.01. The highest BCUT2D eigenvalue weighted by Gasteiger charge is 2.16. The third kappa shape index (κ3) is 4.30. The molecule has 1 unspecified atom stereocenters. The molecule has 3 heteroatoms. The van der Waals surface area contributed by atoms with Crippen molar-refractivity contribution in [3.8, 4) is 0 Å². The highest BCUT2D eigenvalue weighted by molar-refractivity contribution is 5.95. The Morgan fingerprint density at radius 1 is 0.929 bits per heavy atom. The Balaban J connectivity index is 1.96. The fraction of sp³-hybridized carbons (Fsp3) is 0.400. The molecule has 0 saturated carbocycles. The SMILES string of the molecule is CC(C)c1ccc(Cn2c(C(=O)O)cc3cc(CC(C)C(C)C)ccc32)cc1. The fourth-order valence-corrected chi connectivity index (χ4v) is 3.59. The average molecular weight is 378 g/mol. The van der Waals surface area contributed by atoms with Crippen molar-refractivity contribution in [1.82, 2.24) is 4.57 Å². The molecule has 0 amide bonds. The van der Waals surface area contributed by atoms with Gasteiger partial charge in [0.15, 0.2) is 0 Å². The lowest BCUT2D eigenvalue weighted by atomic mass is 9.91. The average Bonchev–Trinajstić information content (AvgIpc) is 3.00. The minimum atomic E-state index is -0.882. The van der Waals surface area contributed by atoms with Gasteiger partial charge in [0.2, 0.25) is 0 Å². The number of hydrogen-bond donors (Lipinski definition) is 1. The van der Waals surface area contributed by atoms with Crippen LogP contribution in [-0.4, -0.2) is 15.6 Å². The molecule has 2 aromatic carbocycles. The predicted octanol–water partition coefficient (Wildman–Crippen LogP) is 6.35. The van der Waals surface area contributed by atoms with Gasteiger partial charge in [0.1, 0.15) is 5.69 Å². The molecular formula is C25H31NO2. The number of fused-ring (bicyclic) bond motifs is 1. The van der Waals surface area contributed by atoms with Crippen molar-refractivity contribution in [2.24, 2.45) is 11.8 Å². The lowest BCUT2D eigenvalue weighted by Crippen LogP contribution is -2.09. The monoisotopic (exact) mass is 377 g/mol. The van der Waals surface area contributed by atoms with Crippen LogP contribution in [0, 0.1) is 11.8 Å². The van der Waals surface area contributed by atoms with Gasteiger partial charge in [0.05, 0.1) is 0 Å². The summed E-state index contributed by atoms with van der Waals surface area (Å²) in [6, 6.07) is 16.7. The van der Waals surface area contributed by atoms with Crippen molar-refractivity contribution in [3.05, 3.63) is 70.9 Å². The first kappa shape index (κ1) is 20.2. The molecule has 3 rings (SSSR count). The Hall–Kier alpha value is -2.55. The van der Waals surface area contributed by atoms with Crippen molar-refractivity contribution in [1.29, 1.82) is 0 Å². The number of hydrogen-bond acceptors (Lipinski definition) is 1. The Bertz CT molecular complexity index is 964. The smallest absolute Gasteiger partial charge is 0.352 e. The number of carboxylic acids is 1. The fourth-order valence-electron chi connectivity index (χ4n) is 3.59. The largest absolute Gasteiger partial charge is 0.477 e. The number of carboxylic acid groups (broad SMARTS) is 1. The standard InChI is InChI=1S/C25H31NO2/c1-16(2)18(5)12-20-8-11-23-22(13-20)14-24(25(27)28)26(23)15-19-6-9-21(10-7-19)17(3)4/h6-11,13-14,16-18H,12,15H2,1-5H3,(H,27,28). The Kier molecular flexibility index (Phi) is 5.93. The van der Waals surface area contributed by atoms with Gasteiger partial charge in [-0.3, -0.25) is 0 Å². The molecular weight excluding hydrogens is 346 g/mol. The number of aromatic carboxylic acids is 1. The summed E-state index contributed by atoms with van der Waals surface area (Å²) < 4.78 is 1.91. The van der Waals surface area contributed by atoms with Crippen molar-refractivity contribution < 1.29 is 9.90 Å². The first-order chi connectivity index (χ1) is 13.3. The summed E-state index contributed by atoms with van der Waals surface area (Å²) in [4.78, 5) is 11.9. The van der Waals surface area contributed by atoms with Gasteiger partial charge in [0.25, 0.3) is 0 Å². The number of benzene rings is 2. The Morgan fingerprint density at radius 2 is 1.57 bits per heavy atom. The lowest BCUT2D eigenvalue weighted by molar-refractivity contribution is 0.0686. The second-order valence-electron chi connectivity index (χ2n) is 8.64. The van der Waals surface area contributed by atoms with E-state index in [2.05, 4.69) is 77.1 Å². The van der Waals surface area contributed by atoms with E-state index in [1.54, 1.807) is 0 Å². The highest BCUT2D eigenvalue weighted by atomic mass is 16.4. The first-order valence-electron chi connectivity index (χ1n) is 10.2. The maximum Gasteiger partial charge on any atom is 0.352 e. The molecule has 0 aliphatic heterocycles. The summed E-state index contributed by atoms with van der Waals surface area (Å²) in [5, 5.41) is 10.7. The van der Waals surface area contributed by atoms with Crippen LogP contribution in [0.5, 0.6) is 0 Å². The van der Waals surface area contributed by atoms with Crippen LogP contribution < -0.4 is 0 Å². The zero-order valence-corrected chi connectivity index (χ0v) is 17.6. The summed E-state index contributed by atoms with van der Waals surface area (Å²) in [6.45, 7) is 11.7. The van der Waals surface area contributed by atoms with Gasteiger partial charge in [-0.1, -0.05) is 65.0 Å². The molecule has 0 saturated heterocycles. The van der Waals surface area contributed by atoms with Gasteiger partial charge in [-0.2, -0.15) is 0 Å². The van der Waals surface area contributed by atoms with E-state index in [1.807, 2.05) is 10.6 Å². The van der Waals surface area contributed by atoms with Crippen molar-refractivity contribution in [3.63, 3.8) is 0 Å². The van der Waals surface area contributed by atoms with Crippen LogP contribution in [0.1, 0.15) is 67.7 Å². The van der Waals surface area contributed by atoms with E-state index in [-0.39, 0.29) is 0 Å². The normalized spacial score (nSPS) is 12.8. The quantitative estimate of drug-likeness (QED) is 0.521. The van der Waals surface area contributed by atoms with Crippen molar-refractivity contribution in [2.75, 3.05) is 0 Å².